The highest BCUT2D eigenvalue weighted by molar-refractivity contribution is 7.09. The van der Waals surface area contributed by atoms with Crippen LogP contribution in [0.3, 0.4) is 0 Å². The fourth-order valence-corrected chi connectivity index (χ4v) is 4.42. The lowest BCUT2D eigenvalue weighted by atomic mass is 10.0. The van der Waals surface area contributed by atoms with Crippen molar-refractivity contribution >= 4 is 11.3 Å². The largest absolute Gasteiger partial charge is 0.508 e. The van der Waals surface area contributed by atoms with Crippen molar-refractivity contribution in [2.45, 2.75) is 52.5 Å². The molecule has 1 aromatic heterocycles. The molecule has 1 saturated heterocycles. The molecule has 2 heterocycles. The van der Waals surface area contributed by atoms with E-state index in [0.717, 1.165) is 55.7 Å². The van der Waals surface area contributed by atoms with Gasteiger partial charge in [0, 0.05) is 37.1 Å². The summed E-state index contributed by atoms with van der Waals surface area (Å²) >= 11 is 1.75. The normalized spacial score (nSPS) is 16.1. The van der Waals surface area contributed by atoms with Crippen LogP contribution < -0.4 is 0 Å². The number of piperazine rings is 1. The zero-order chi connectivity index (χ0) is 19.1. The molecule has 0 amide bonds. The molecule has 0 radical (unpaired) electrons. The van der Waals surface area contributed by atoms with E-state index in [-0.39, 0.29) is 0 Å². The van der Waals surface area contributed by atoms with Gasteiger partial charge in [0.25, 0.3) is 0 Å². The lowest BCUT2D eigenvalue weighted by Gasteiger charge is -2.34. The van der Waals surface area contributed by atoms with Gasteiger partial charge in [-0.25, -0.2) is 4.98 Å². The Bertz CT molecular complexity index is 707. The number of unbranched alkanes of at least 4 members (excludes halogenated alkanes) is 2. The number of hydrogen-bond donors (Lipinski definition) is 1. The average molecular weight is 388 g/mol. The van der Waals surface area contributed by atoms with Gasteiger partial charge in [-0.15, -0.1) is 11.3 Å². The van der Waals surface area contributed by atoms with Gasteiger partial charge in [-0.3, -0.25) is 4.90 Å². The molecule has 27 heavy (non-hydrogen) atoms. The van der Waals surface area contributed by atoms with Gasteiger partial charge in [0.1, 0.15) is 10.8 Å². The van der Waals surface area contributed by atoms with Crippen LogP contribution in [-0.4, -0.2) is 52.6 Å². The third kappa shape index (κ3) is 5.77. The van der Waals surface area contributed by atoms with E-state index in [1.807, 2.05) is 12.1 Å². The quantitative estimate of drug-likeness (QED) is 0.672. The first kappa shape index (κ1) is 20.3. The molecule has 1 N–H and O–H groups in total. The Kier molecular flexibility index (Phi) is 7.68. The number of nitrogens with zero attached hydrogens (tertiary/aromatic N) is 3. The second-order valence-electron chi connectivity index (χ2n) is 7.54. The van der Waals surface area contributed by atoms with Crippen molar-refractivity contribution in [3.05, 3.63) is 34.2 Å². The van der Waals surface area contributed by atoms with Crippen molar-refractivity contribution < 1.29 is 5.11 Å². The highest BCUT2D eigenvalue weighted by Gasteiger charge is 2.18. The molecule has 4 nitrogen and oxygen atoms in total. The second-order valence-corrected chi connectivity index (χ2v) is 8.49. The summed E-state index contributed by atoms with van der Waals surface area (Å²) in [6, 6.07) is 5.90. The molecular formula is C22H33N3OS. The van der Waals surface area contributed by atoms with Gasteiger partial charge in [-0.1, -0.05) is 26.7 Å². The molecule has 0 aliphatic carbocycles. The molecule has 1 aromatic carbocycles. The van der Waals surface area contributed by atoms with E-state index >= 15 is 0 Å². The van der Waals surface area contributed by atoms with Crippen LogP contribution in [0, 0.1) is 0 Å². The van der Waals surface area contributed by atoms with E-state index in [2.05, 4.69) is 35.1 Å². The molecule has 3 rings (SSSR count). The highest BCUT2D eigenvalue weighted by Crippen LogP contribution is 2.28. The molecule has 1 fully saturated rings. The Morgan fingerprint density at radius 1 is 1.04 bits per heavy atom. The maximum atomic E-state index is 10.1. The van der Waals surface area contributed by atoms with E-state index in [9.17, 15) is 5.11 Å². The number of phenols is 1. The number of benzene rings is 1. The Labute approximate surface area is 167 Å². The molecule has 2 aromatic rings. The topological polar surface area (TPSA) is 39.6 Å². The average Bonchev–Trinajstić information content (AvgIpc) is 3.15. The number of rotatable bonds is 9. The highest BCUT2D eigenvalue weighted by atomic mass is 32.1. The smallest absolute Gasteiger partial charge is 0.118 e. The summed E-state index contributed by atoms with van der Waals surface area (Å²) in [5.74, 6) is 0.406. The second kappa shape index (κ2) is 10.2. The SMILES string of the molecule is CCCCc1cc(-c2csc(CN3CCN(CCCC)CC3)n2)ccc1O. The van der Waals surface area contributed by atoms with Crippen LogP contribution in [0.4, 0.5) is 0 Å². The van der Waals surface area contributed by atoms with Gasteiger partial charge in [0.05, 0.1) is 12.2 Å². The fourth-order valence-electron chi connectivity index (χ4n) is 3.57. The summed E-state index contributed by atoms with van der Waals surface area (Å²) in [5.41, 5.74) is 3.19. The van der Waals surface area contributed by atoms with Crippen molar-refractivity contribution in [2.24, 2.45) is 0 Å². The minimum atomic E-state index is 0.406. The number of aryl methyl sites for hydroxylation is 1. The van der Waals surface area contributed by atoms with Crippen molar-refractivity contribution in [1.29, 1.82) is 0 Å². The first-order chi connectivity index (χ1) is 13.2. The van der Waals surface area contributed by atoms with E-state index in [1.165, 1.54) is 37.5 Å². The van der Waals surface area contributed by atoms with Crippen LogP contribution in [0.15, 0.2) is 23.6 Å². The van der Waals surface area contributed by atoms with Crippen LogP contribution in [0.2, 0.25) is 0 Å². The van der Waals surface area contributed by atoms with Crippen molar-refractivity contribution in [3.8, 4) is 17.0 Å². The minimum Gasteiger partial charge on any atom is -0.508 e. The molecular weight excluding hydrogens is 354 g/mol. The van der Waals surface area contributed by atoms with Gasteiger partial charge in [-0.05, 0) is 49.6 Å². The zero-order valence-corrected chi connectivity index (χ0v) is 17.6. The van der Waals surface area contributed by atoms with Crippen molar-refractivity contribution in [1.82, 2.24) is 14.8 Å². The van der Waals surface area contributed by atoms with Gasteiger partial charge in [0.15, 0.2) is 0 Å². The van der Waals surface area contributed by atoms with Crippen LogP contribution >= 0.6 is 11.3 Å². The van der Waals surface area contributed by atoms with E-state index in [1.54, 1.807) is 11.3 Å². The van der Waals surface area contributed by atoms with Crippen LogP contribution in [0.1, 0.15) is 50.1 Å². The van der Waals surface area contributed by atoms with E-state index in [0.29, 0.717) is 5.75 Å². The number of thiazole rings is 1. The Hall–Kier alpha value is -1.43. The van der Waals surface area contributed by atoms with Gasteiger partial charge >= 0.3 is 0 Å². The van der Waals surface area contributed by atoms with Crippen LogP contribution in [0.5, 0.6) is 5.75 Å². The Balaban J connectivity index is 1.57. The van der Waals surface area contributed by atoms with Crippen molar-refractivity contribution in [3.63, 3.8) is 0 Å². The first-order valence-corrected chi connectivity index (χ1v) is 11.3. The third-order valence-corrected chi connectivity index (χ3v) is 6.21. The lowest BCUT2D eigenvalue weighted by molar-refractivity contribution is 0.126. The minimum absolute atomic E-state index is 0.406. The molecule has 148 valence electrons. The summed E-state index contributed by atoms with van der Waals surface area (Å²) < 4.78 is 0. The number of phenolic OH excluding ortho intramolecular Hbond substituents is 1. The zero-order valence-electron chi connectivity index (χ0n) is 16.8. The maximum Gasteiger partial charge on any atom is 0.118 e. The summed E-state index contributed by atoms with van der Waals surface area (Å²) in [6.07, 6.45) is 5.75. The van der Waals surface area contributed by atoms with Gasteiger partial charge in [0.2, 0.25) is 0 Å². The van der Waals surface area contributed by atoms with E-state index < -0.39 is 0 Å². The Morgan fingerprint density at radius 3 is 2.52 bits per heavy atom. The fraction of sp³-hybridized carbons (Fsp3) is 0.591. The monoisotopic (exact) mass is 387 g/mol. The Morgan fingerprint density at radius 2 is 1.78 bits per heavy atom. The maximum absolute atomic E-state index is 10.1. The molecule has 5 heteroatoms. The van der Waals surface area contributed by atoms with Crippen molar-refractivity contribution in [2.75, 3.05) is 32.7 Å². The summed E-state index contributed by atoms with van der Waals surface area (Å²) in [6.45, 7) is 11.3. The standard InChI is InChI=1S/C22H33N3OS/c1-3-5-7-19-15-18(8-9-21(19)26)20-17-27-22(23-20)16-25-13-11-24(12-14-25)10-6-4-2/h8-9,15,17,26H,3-7,10-14,16H2,1-2H3. The molecule has 1 aliphatic heterocycles. The van der Waals surface area contributed by atoms with Crippen LogP contribution in [-0.2, 0) is 13.0 Å². The van der Waals surface area contributed by atoms with Gasteiger partial charge in [-0.2, -0.15) is 0 Å². The number of hydrogen-bond acceptors (Lipinski definition) is 5. The number of aromatic nitrogens is 1. The molecule has 0 spiro atoms. The molecule has 0 bridgehead atoms. The first-order valence-electron chi connectivity index (χ1n) is 10.4. The van der Waals surface area contributed by atoms with Crippen LogP contribution in [0.25, 0.3) is 11.3 Å². The molecule has 1 aliphatic rings. The molecule has 0 saturated carbocycles. The lowest BCUT2D eigenvalue weighted by Crippen LogP contribution is -2.46. The summed E-state index contributed by atoms with van der Waals surface area (Å²) in [4.78, 5) is 9.98. The molecule has 0 unspecified atom stereocenters. The predicted molar refractivity (Wildman–Crippen MR) is 114 cm³/mol. The predicted octanol–water partition coefficient (Wildman–Crippen LogP) is 4.78. The summed E-state index contributed by atoms with van der Waals surface area (Å²) in [5, 5.41) is 13.4. The summed E-state index contributed by atoms with van der Waals surface area (Å²) in [7, 11) is 0. The third-order valence-electron chi connectivity index (χ3n) is 5.38. The van der Waals surface area contributed by atoms with E-state index in [4.69, 9.17) is 4.98 Å². The number of aromatic hydroxyl groups is 1. The molecule has 0 atom stereocenters. The van der Waals surface area contributed by atoms with Gasteiger partial charge < -0.3 is 10.0 Å².